The predicted octanol–water partition coefficient (Wildman–Crippen LogP) is 6.38. The topological polar surface area (TPSA) is 54.0 Å². The number of amides is 2. The van der Waals surface area contributed by atoms with Crippen LogP contribution in [0, 0.1) is 5.92 Å². The van der Waals surface area contributed by atoms with Crippen LogP contribution in [0.1, 0.15) is 81.5 Å². The average Bonchev–Trinajstić information content (AvgIpc) is 2.96. The molecule has 212 valence electrons. The fourth-order valence-electron chi connectivity index (χ4n) is 6.65. The Morgan fingerprint density at radius 1 is 1.00 bits per heavy atom. The van der Waals surface area contributed by atoms with Gasteiger partial charge in [-0.25, -0.2) is 4.79 Å². The van der Waals surface area contributed by atoms with Gasteiger partial charge >= 0.3 is 6.03 Å². The second-order valence-electron chi connectivity index (χ2n) is 11.5. The normalized spacial score (nSPS) is 22.4. The summed E-state index contributed by atoms with van der Waals surface area (Å²) in [5.41, 5.74) is 4.03. The van der Waals surface area contributed by atoms with Crippen molar-refractivity contribution in [2.75, 3.05) is 39.4 Å². The van der Waals surface area contributed by atoms with Crippen molar-refractivity contribution in [1.82, 2.24) is 15.1 Å². The lowest BCUT2D eigenvalue weighted by Crippen LogP contribution is -2.59. The van der Waals surface area contributed by atoms with E-state index in [0.717, 1.165) is 95.7 Å². The van der Waals surface area contributed by atoms with Crippen molar-refractivity contribution >= 4 is 6.03 Å². The second kappa shape index (κ2) is 13.6. The van der Waals surface area contributed by atoms with Gasteiger partial charge in [0.15, 0.2) is 11.5 Å². The number of carbonyl (C=O) groups is 1. The highest BCUT2D eigenvalue weighted by molar-refractivity contribution is 5.74. The zero-order chi connectivity index (χ0) is 27.0. The molecule has 2 saturated heterocycles. The Hall–Kier alpha value is -2.73. The lowest BCUT2D eigenvalue weighted by molar-refractivity contribution is 0.00565. The van der Waals surface area contributed by atoms with E-state index in [-0.39, 0.29) is 12.1 Å². The number of unbranched alkanes of at least 4 members (excludes halogenated alkanes) is 2. The molecule has 0 aromatic heterocycles. The average molecular weight is 534 g/mol. The Morgan fingerprint density at radius 2 is 1.74 bits per heavy atom. The van der Waals surface area contributed by atoms with Crippen molar-refractivity contribution in [3.63, 3.8) is 0 Å². The number of likely N-dealkylation sites (tertiary alicyclic amines) is 1. The number of hydrogen-bond donors (Lipinski definition) is 1. The van der Waals surface area contributed by atoms with Crippen molar-refractivity contribution in [1.29, 1.82) is 0 Å². The van der Waals surface area contributed by atoms with Crippen LogP contribution in [0.3, 0.4) is 0 Å². The summed E-state index contributed by atoms with van der Waals surface area (Å²) in [6.45, 7) is 9.51. The lowest BCUT2D eigenvalue weighted by atomic mass is 9.76. The molecule has 1 N–H and O–H groups in total. The molecular formula is C33H47N3O3. The number of urea groups is 1. The maximum Gasteiger partial charge on any atom is 0.317 e. The quantitative estimate of drug-likeness (QED) is 0.341. The van der Waals surface area contributed by atoms with Crippen LogP contribution in [0.5, 0.6) is 11.5 Å². The van der Waals surface area contributed by atoms with E-state index in [2.05, 4.69) is 65.4 Å². The van der Waals surface area contributed by atoms with Gasteiger partial charge in [0, 0.05) is 38.3 Å². The first-order chi connectivity index (χ1) is 19.2. The van der Waals surface area contributed by atoms with Gasteiger partial charge in [-0.3, -0.25) is 4.90 Å². The third kappa shape index (κ3) is 6.71. The highest BCUT2D eigenvalue weighted by Gasteiger charge is 2.44. The molecule has 3 aliphatic rings. The van der Waals surface area contributed by atoms with Crippen LogP contribution in [-0.2, 0) is 12.8 Å². The second-order valence-corrected chi connectivity index (χ2v) is 11.5. The van der Waals surface area contributed by atoms with Crippen LogP contribution in [0.4, 0.5) is 4.79 Å². The van der Waals surface area contributed by atoms with Gasteiger partial charge in [0.05, 0.1) is 13.2 Å². The molecule has 2 amide bonds. The molecule has 3 atom stereocenters. The molecule has 2 aromatic rings. The van der Waals surface area contributed by atoms with Gasteiger partial charge in [-0.1, -0.05) is 57.0 Å². The van der Waals surface area contributed by atoms with Crippen molar-refractivity contribution in [3.8, 4) is 11.5 Å². The van der Waals surface area contributed by atoms with Gasteiger partial charge in [0.1, 0.15) is 0 Å². The maximum atomic E-state index is 13.4. The number of nitrogens with zero attached hydrogens (tertiary/aromatic N) is 2. The minimum Gasteiger partial charge on any atom is -0.490 e. The maximum absolute atomic E-state index is 13.4. The number of nitrogens with one attached hydrogen (secondary N) is 1. The van der Waals surface area contributed by atoms with E-state index in [1.54, 1.807) is 0 Å². The molecular weight excluding hydrogens is 486 g/mol. The molecule has 0 unspecified atom stereocenters. The van der Waals surface area contributed by atoms with E-state index >= 15 is 0 Å². The number of rotatable bonds is 11. The largest absolute Gasteiger partial charge is 0.490 e. The summed E-state index contributed by atoms with van der Waals surface area (Å²) in [5, 5.41) is 3.23. The van der Waals surface area contributed by atoms with Crippen LogP contribution in [0.15, 0.2) is 42.5 Å². The Bertz CT molecular complexity index is 1080. The predicted molar refractivity (Wildman–Crippen MR) is 157 cm³/mol. The molecule has 6 heteroatoms. The monoisotopic (exact) mass is 533 g/mol. The Morgan fingerprint density at radius 3 is 2.49 bits per heavy atom. The third-order valence-electron chi connectivity index (χ3n) is 8.83. The standard InChI is InChI=1S/C33H47N3O3/c1-3-5-19-38-31-21-26-15-18-35-24-27-13-10-17-36(33(37)34-16-14-25-11-8-7-9-12-25)29(27)23-30(35)28(26)22-32(31)39-20-6-4-2/h7-9,11-12,21-22,27,29-30H,3-6,10,13-20,23-24H2,1-2H3,(H,34,37)/t27-,29+,30+/m0/s1. The van der Waals surface area contributed by atoms with Crippen molar-refractivity contribution in [2.24, 2.45) is 5.92 Å². The summed E-state index contributed by atoms with van der Waals surface area (Å²) < 4.78 is 12.5. The summed E-state index contributed by atoms with van der Waals surface area (Å²) in [5.74, 6) is 2.34. The van der Waals surface area contributed by atoms with E-state index in [1.165, 1.54) is 23.1 Å². The van der Waals surface area contributed by atoms with Gasteiger partial charge < -0.3 is 19.7 Å². The van der Waals surface area contributed by atoms with Crippen LogP contribution in [0.25, 0.3) is 0 Å². The van der Waals surface area contributed by atoms with Gasteiger partial charge in [0.25, 0.3) is 0 Å². The first-order valence-corrected chi connectivity index (χ1v) is 15.4. The van der Waals surface area contributed by atoms with Crippen LogP contribution in [-0.4, -0.2) is 61.3 Å². The molecule has 6 nitrogen and oxygen atoms in total. The Labute approximate surface area is 235 Å². The minimum atomic E-state index is 0.105. The summed E-state index contributed by atoms with van der Waals surface area (Å²) in [7, 11) is 0. The number of ether oxygens (including phenoxy) is 2. The molecule has 3 aliphatic heterocycles. The van der Waals surface area contributed by atoms with Gasteiger partial charge in [-0.2, -0.15) is 0 Å². The SMILES string of the molecule is CCCCOc1cc2c(cc1OCCCC)[C@H]1C[C@@H]3[C@@H](CCCN3C(=O)NCCc3ccccc3)CN1CC2. The minimum absolute atomic E-state index is 0.105. The number of piperidine rings is 2. The number of fused-ring (bicyclic) bond motifs is 4. The molecule has 0 radical (unpaired) electrons. The molecule has 5 rings (SSSR count). The van der Waals surface area contributed by atoms with Gasteiger partial charge in [-0.05, 0) is 79.7 Å². The highest BCUT2D eigenvalue weighted by atomic mass is 16.5. The fraction of sp³-hybridized carbons (Fsp3) is 0.606. The van der Waals surface area contributed by atoms with E-state index in [0.29, 0.717) is 18.5 Å². The Kier molecular flexibility index (Phi) is 9.67. The molecule has 2 aromatic carbocycles. The van der Waals surface area contributed by atoms with Crippen LogP contribution in [0.2, 0.25) is 0 Å². The van der Waals surface area contributed by atoms with E-state index in [4.69, 9.17) is 9.47 Å². The number of carbonyl (C=O) groups excluding carboxylic acids is 1. The summed E-state index contributed by atoms with van der Waals surface area (Å²) in [6, 6.07) is 15.6. The number of benzene rings is 2. The van der Waals surface area contributed by atoms with E-state index in [9.17, 15) is 4.79 Å². The summed E-state index contributed by atoms with van der Waals surface area (Å²) in [4.78, 5) is 18.2. The molecule has 2 fully saturated rings. The molecule has 0 aliphatic carbocycles. The van der Waals surface area contributed by atoms with Crippen molar-refractivity contribution in [2.45, 2.75) is 83.7 Å². The van der Waals surface area contributed by atoms with E-state index in [1.807, 2.05) is 6.07 Å². The zero-order valence-corrected chi connectivity index (χ0v) is 24.0. The lowest BCUT2D eigenvalue weighted by Gasteiger charge is -2.52. The molecule has 3 heterocycles. The van der Waals surface area contributed by atoms with Crippen LogP contribution < -0.4 is 14.8 Å². The Balaban J connectivity index is 1.30. The van der Waals surface area contributed by atoms with Gasteiger partial charge in [-0.15, -0.1) is 0 Å². The third-order valence-corrected chi connectivity index (χ3v) is 8.83. The van der Waals surface area contributed by atoms with E-state index < -0.39 is 0 Å². The zero-order valence-electron chi connectivity index (χ0n) is 24.0. The van der Waals surface area contributed by atoms with Crippen molar-refractivity contribution < 1.29 is 14.3 Å². The summed E-state index contributed by atoms with van der Waals surface area (Å²) in [6.07, 6.45) is 9.53. The van der Waals surface area contributed by atoms with Gasteiger partial charge in [0.2, 0.25) is 0 Å². The van der Waals surface area contributed by atoms with Crippen LogP contribution >= 0.6 is 0 Å². The molecule has 0 saturated carbocycles. The first-order valence-electron chi connectivity index (χ1n) is 15.4. The fourth-order valence-corrected chi connectivity index (χ4v) is 6.65. The molecule has 0 spiro atoms. The first kappa shape index (κ1) is 27.8. The van der Waals surface area contributed by atoms with Crippen molar-refractivity contribution in [3.05, 3.63) is 59.2 Å². The summed E-state index contributed by atoms with van der Waals surface area (Å²) >= 11 is 0. The smallest absolute Gasteiger partial charge is 0.317 e. The highest BCUT2D eigenvalue weighted by Crippen LogP contribution is 2.45. The molecule has 0 bridgehead atoms. The molecule has 39 heavy (non-hydrogen) atoms. The number of hydrogen-bond acceptors (Lipinski definition) is 4.